The Balaban J connectivity index is 1.75. The van der Waals surface area contributed by atoms with Gasteiger partial charge in [-0.05, 0) is 26.2 Å². The number of nitrogens with two attached hydrogens (primary N) is 1. The lowest BCUT2D eigenvalue weighted by atomic mass is 10.0. The van der Waals surface area contributed by atoms with Crippen LogP contribution in [-0.2, 0) is 4.79 Å². The molecule has 4 heteroatoms. The van der Waals surface area contributed by atoms with Crippen molar-refractivity contribution in [3.63, 3.8) is 0 Å². The van der Waals surface area contributed by atoms with E-state index >= 15 is 0 Å². The molecule has 1 aliphatic heterocycles. The molecule has 2 fully saturated rings. The molecule has 0 aromatic carbocycles. The maximum absolute atomic E-state index is 11.8. The summed E-state index contributed by atoms with van der Waals surface area (Å²) in [6, 6.07) is 1.09. The topological polar surface area (TPSA) is 58.4 Å². The van der Waals surface area contributed by atoms with Crippen LogP contribution in [0.1, 0.15) is 33.1 Å². The molecule has 1 saturated heterocycles. The molecule has 4 nitrogen and oxygen atoms in total. The monoisotopic (exact) mass is 225 g/mol. The van der Waals surface area contributed by atoms with Gasteiger partial charge in [0.25, 0.3) is 0 Å². The highest BCUT2D eigenvalue weighted by Crippen LogP contribution is 2.29. The van der Waals surface area contributed by atoms with E-state index in [9.17, 15) is 4.79 Å². The fourth-order valence-electron chi connectivity index (χ4n) is 2.25. The second kappa shape index (κ2) is 4.72. The fourth-order valence-corrected chi connectivity index (χ4v) is 2.25. The molecule has 0 spiro atoms. The van der Waals surface area contributed by atoms with Crippen LogP contribution in [0.15, 0.2) is 0 Å². The zero-order chi connectivity index (χ0) is 11.7. The van der Waals surface area contributed by atoms with Crippen LogP contribution in [0.4, 0.5) is 0 Å². The molecule has 3 unspecified atom stereocenters. The first-order valence-electron chi connectivity index (χ1n) is 6.38. The third-order valence-corrected chi connectivity index (χ3v) is 3.83. The van der Waals surface area contributed by atoms with E-state index in [0.717, 1.165) is 25.6 Å². The summed E-state index contributed by atoms with van der Waals surface area (Å²) < 4.78 is 0. The average Bonchev–Trinajstić information content (AvgIpc) is 2.99. The van der Waals surface area contributed by atoms with E-state index in [1.165, 1.54) is 12.8 Å². The van der Waals surface area contributed by atoms with E-state index in [0.29, 0.717) is 6.04 Å². The first-order chi connectivity index (χ1) is 7.58. The highest BCUT2D eigenvalue weighted by molar-refractivity contribution is 5.79. The van der Waals surface area contributed by atoms with E-state index in [-0.39, 0.29) is 17.9 Å². The van der Waals surface area contributed by atoms with Crippen LogP contribution in [0.3, 0.4) is 0 Å². The number of likely N-dealkylation sites (tertiary alicyclic amines) is 1. The highest BCUT2D eigenvalue weighted by Gasteiger charge is 2.35. The van der Waals surface area contributed by atoms with Crippen molar-refractivity contribution in [2.24, 2.45) is 11.7 Å². The zero-order valence-electron chi connectivity index (χ0n) is 10.3. The van der Waals surface area contributed by atoms with Gasteiger partial charge in [-0.15, -0.1) is 0 Å². The van der Waals surface area contributed by atoms with Gasteiger partial charge in [0, 0.05) is 37.1 Å². The van der Waals surface area contributed by atoms with E-state index in [1.54, 1.807) is 0 Å². The molecule has 3 atom stereocenters. The van der Waals surface area contributed by atoms with Gasteiger partial charge in [-0.2, -0.15) is 0 Å². The van der Waals surface area contributed by atoms with E-state index in [1.807, 2.05) is 13.8 Å². The van der Waals surface area contributed by atoms with E-state index in [4.69, 9.17) is 5.73 Å². The van der Waals surface area contributed by atoms with Gasteiger partial charge >= 0.3 is 0 Å². The van der Waals surface area contributed by atoms with Gasteiger partial charge in [0.05, 0.1) is 0 Å². The Labute approximate surface area is 97.6 Å². The Kier molecular flexibility index (Phi) is 3.50. The summed E-state index contributed by atoms with van der Waals surface area (Å²) in [6.07, 6.45) is 3.78. The van der Waals surface area contributed by atoms with Crippen molar-refractivity contribution in [3.8, 4) is 0 Å². The predicted molar refractivity (Wildman–Crippen MR) is 64.0 cm³/mol. The minimum absolute atomic E-state index is 0.0686. The third-order valence-electron chi connectivity index (χ3n) is 3.83. The SMILES string of the molecule is CC(N)C(C)C(=O)NC1CCN(C2CC2)C1. The van der Waals surface area contributed by atoms with Gasteiger partial charge in [0.2, 0.25) is 5.91 Å². The maximum Gasteiger partial charge on any atom is 0.224 e. The van der Waals surface area contributed by atoms with E-state index < -0.39 is 0 Å². The van der Waals surface area contributed by atoms with Crippen molar-refractivity contribution in [2.45, 2.75) is 51.2 Å². The van der Waals surface area contributed by atoms with Crippen molar-refractivity contribution < 1.29 is 4.79 Å². The van der Waals surface area contributed by atoms with Crippen LogP contribution in [0.5, 0.6) is 0 Å². The molecule has 1 amide bonds. The molecule has 1 aliphatic carbocycles. The number of carbonyl (C=O) groups is 1. The summed E-state index contributed by atoms with van der Waals surface area (Å²) in [5.74, 6) is 0.0209. The molecule has 0 aromatic heterocycles. The summed E-state index contributed by atoms with van der Waals surface area (Å²) in [5, 5.41) is 3.11. The molecule has 92 valence electrons. The number of nitrogens with one attached hydrogen (secondary N) is 1. The number of hydrogen-bond donors (Lipinski definition) is 2. The lowest BCUT2D eigenvalue weighted by Gasteiger charge is -2.20. The molecule has 2 aliphatic rings. The van der Waals surface area contributed by atoms with Gasteiger partial charge in [0.15, 0.2) is 0 Å². The first kappa shape index (κ1) is 11.9. The van der Waals surface area contributed by atoms with Crippen molar-refractivity contribution in [2.75, 3.05) is 13.1 Å². The lowest BCUT2D eigenvalue weighted by molar-refractivity contribution is -0.125. The molecule has 2 rings (SSSR count). The second-order valence-electron chi connectivity index (χ2n) is 5.37. The van der Waals surface area contributed by atoms with Crippen LogP contribution in [0, 0.1) is 5.92 Å². The van der Waals surface area contributed by atoms with E-state index in [2.05, 4.69) is 10.2 Å². The molecule has 1 saturated carbocycles. The summed E-state index contributed by atoms with van der Waals surface area (Å²) in [5.41, 5.74) is 5.73. The fraction of sp³-hybridized carbons (Fsp3) is 0.917. The summed E-state index contributed by atoms with van der Waals surface area (Å²) >= 11 is 0. The Hall–Kier alpha value is -0.610. The molecular weight excluding hydrogens is 202 g/mol. The van der Waals surface area contributed by atoms with Crippen LogP contribution in [0.2, 0.25) is 0 Å². The summed E-state index contributed by atoms with van der Waals surface area (Å²) in [6.45, 7) is 5.95. The normalized spacial score (nSPS) is 30.1. The molecule has 0 bridgehead atoms. The Bertz CT molecular complexity index is 263. The molecule has 1 heterocycles. The van der Waals surface area contributed by atoms with Crippen LogP contribution < -0.4 is 11.1 Å². The Morgan fingerprint density at radius 3 is 2.62 bits per heavy atom. The summed E-state index contributed by atoms with van der Waals surface area (Å²) in [4.78, 5) is 14.3. The molecular formula is C12H23N3O. The van der Waals surface area contributed by atoms with Gasteiger partial charge in [-0.1, -0.05) is 6.92 Å². The van der Waals surface area contributed by atoms with Crippen molar-refractivity contribution in [1.29, 1.82) is 0 Å². The Morgan fingerprint density at radius 2 is 2.06 bits per heavy atom. The maximum atomic E-state index is 11.8. The molecule has 0 aromatic rings. The number of rotatable bonds is 4. The van der Waals surface area contributed by atoms with Gasteiger partial charge in [-0.3, -0.25) is 9.69 Å². The Morgan fingerprint density at radius 1 is 1.38 bits per heavy atom. The number of nitrogens with zero attached hydrogens (tertiary/aromatic N) is 1. The largest absolute Gasteiger partial charge is 0.352 e. The smallest absolute Gasteiger partial charge is 0.224 e. The van der Waals surface area contributed by atoms with Crippen molar-refractivity contribution in [3.05, 3.63) is 0 Å². The third kappa shape index (κ3) is 2.74. The van der Waals surface area contributed by atoms with Crippen LogP contribution in [0.25, 0.3) is 0 Å². The number of amides is 1. The average molecular weight is 225 g/mol. The lowest BCUT2D eigenvalue weighted by Crippen LogP contribution is -2.44. The highest BCUT2D eigenvalue weighted by atomic mass is 16.2. The summed E-state index contributed by atoms with van der Waals surface area (Å²) in [7, 11) is 0. The minimum Gasteiger partial charge on any atom is -0.352 e. The first-order valence-corrected chi connectivity index (χ1v) is 6.38. The predicted octanol–water partition coefficient (Wildman–Crippen LogP) is 0.323. The van der Waals surface area contributed by atoms with Gasteiger partial charge < -0.3 is 11.1 Å². The zero-order valence-corrected chi connectivity index (χ0v) is 10.3. The number of hydrogen-bond acceptors (Lipinski definition) is 3. The van der Waals surface area contributed by atoms with Gasteiger partial charge in [0.1, 0.15) is 0 Å². The quantitative estimate of drug-likeness (QED) is 0.724. The molecule has 3 N–H and O–H groups in total. The van der Waals surface area contributed by atoms with Crippen LogP contribution in [-0.4, -0.2) is 42.0 Å². The minimum atomic E-state index is -0.0880. The second-order valence-corrected chi connectivity index (χ2v) is 5.37. The van der Waals surface area contributed by atoms with Crippen molar-refractivity contribution >= 4 is 5.91 Å². The molecule has 16 heavy (non-hydrogen) atoms. The van der Waals surface area contributed by atoms with Crippen molar-refractivity contribution in [1.82, 2.24) is 10.2 Å². The molecule has 0 radical (unpaired) electrons. The van der Waals surface area contributed by atoms with Crippen LogP contribution >= 0.6 is 0 Å². The van der Waals surface area contributed by atoms with Gasteiger partial charge in [-0.25, -0.2) is 0 Å². The number of carbonyl (C=O) groups excluding carboxylic acids is 1. The standard InChI is InChI=1S/C12H23N3O/c1-8(9(2)13)12(16)14-10-5-6-15(7-10)11-3-4-11/h8-11H,3-7,13H2,1-2H3,(H,14,16).